The lowest BCUT2D eigenvalue weighted by atomic mass is 10.1. The number of carbonyl (C=O) groups excluding carboxylic acids is 1. The summed E-state index contributed by atoms with van der Waals surface area (Å²) in [6, 6.07) is 0. The number of aliphatic hydroxyl groups is 1. The summed E-state index contributed by atoms with van der Waals surface area (Å²) in [6.45, 7) is 8.08. The van der Waals surface area contributed by atoms with Crippen molar-refractivity contribution in [2.75, 3.05) is 33.5 Å². The quantitative estimate of drug-likeness (QED) is 0.239. The van der Waals surface area contributed by atoms with Crippen LogP contribution in [0.5, 0.6) is 0 Å². The van der Waals surface area contributed by atoms with Crippen molar-refractivity contribution in [1.29, 1.82) is 0 Å². The van der Waals surface area contributed by atoms with Gasteiger partial charge in [-0.3, -0.25) is 0 Å². The Kier molecular flexibility index (Phi) is 16.8. The standard InChI is InChI=1S/C20H38O6/c1-5-8-13-24-16-17(21)20(26-15-10-7-3)18(25-14-9-6-2)11-12-19(22)23-4/h11-12,17-18,20-21H,5-10,13-16H2,1-4H3/b12-11-/t17-,18+,20+/m0/s1. The molecule has 0 aromatic heterocycles. The number of esters is 1. The molecule has 0 aromatic rings. The molecule has 0 saturated heterocycles. The van der Waals surface area contributed by atoms with Crippen LogP contribution in [-0.4, -0.2) is 62.9 Å². The topological polar surface area (TPSA) is 74.2 Å². The van der Waals surface area contributed by atoms with Crippen molar-refractivity contribution in [2.24, 2.45) is 0 Å². The van der Waals surface area contributed by atoms with Crippen molar-refractivity contribution in [1.82, 2.24) is 0 Å². The lowest BCUT2D eigenvalue weighted by Gasteiger charge is -2.29. The van der Waals surface area contributed by atoms with E-state index in [2.05, 4.69) is 25.5 Å². The largest absolute Gasteiger partial charge is 0.466 e. The second kappa shape index (κ2) is 17.5. The summed E-state index contributed by atoms with van der Waals surface area (Å²) in [5.74, 6) is -0.463. The maximum Gasteiger partial charge on any atom is 0.330 e. The number of aliphatic hydroxyl groups excluding tert-OH is 1. The molecule has 0 aliphatic rings. The van der Waals surface area contributed by atoms with Crippen molar-refractivity contribution in [2.45, 2.75) is 77.6 Å². The maximum absolute atomic E-state index is 11.5. The number of methoxy groups -OCH3 is 1. The van der Waals surface area contributed by atoms with Crippen LogP contribution in [0.2, 0.25) is 0 Å². The van der Waals surface area contributed by atoms with Crippen LogP contribution in [0.4, 0.5) is 0 Å². The van der Waals surface area contributed by atoms with Gasteiger partial charge in [0.05, 0.1) is 13.7 Å². The highest BCUT2D eigenvalue weighted by molar-refractivity contribution is 5.81. The fourth-order valence-corrected chi connectivity index (χ4v) is 2.20. The molecule has 0 fully saturated rings. The summed E-state index contributed by atoms with van der Waals surface area (Å²) in [5, 5.41) is 10.6. The molecule has 0 unspecified atom stereocenters. The highest BCUT2D eigenvalue weighted by Gasteiger charge is 2.29. The van der Waals surface area contributed by atoms with E-state index in [0.29, 0.717) is 19.8 Å². The molecular formula is C20H38O6. The van der Waals surface area contributed by atoms with Gasteiger partial charge in [-0.05, 0) is 25.3 Å². The second-order valence-corrected chi connectivity index (χ2v) is 6.26. The van der Waals surface area contributed by atoms with Gasteiger partial charge >= 0.3 is 5.97 Å². The normalized spacial score (nSPS) is 15.1. The van der Waals surface area contributed by atoms with E-state index in [-0.39, 0.29) is 6.61 Å². The fourth-order valence-electron chi connectivity index (χ4n) is 2.20. The van der Waals surface area contributed by atoms with Gasteiger partial charge in [-0.25, -0.2) is 4.79 Å². The molecule has 0 radical (unpaired) electrons. The average molecular weight is 375 g/mol. The van der Waals surface area contributed by atoms with E-state index in [1.165, 1.54) is 13.2 Å². The highest BCUT2D eigenvalue weighted by Crippen LogP contribution is 2.14. The molecule has 0 aromatic carbocycles. The Morgan fingerprint density at radius 1 is 0.962 bits per heavy atom. The van der Waals surface area contributed by atoms with E-state index in [1.807, 2.05) is 0 Å². The molecule has 154 valence electrons. The van der Waals surface area contributed by atoms with E-state index >= 15 is 0 Å². The summed E-state index contributed by atoms with van der Waals surface area (Å²) >= 11 is 0. The van der Waals surface area contributed by atoms with Gasteiger partial charge in [0.15, 0.2) is 0 Å². The first kappa shape index (κ1) is 25.1. The number of hydrogen-bond acceptors (Lipinski definition) is 6. The highest BCUT2D eigenvalue weighted by atomic mass is 16.6. The van der Waals surface area contributed by atoms with Crippen LogP contribution in [-0.2, 0) is 23.7 Å². The molecule has 0 aliphatic carbocycles. The molecular weight excluding hydrogens is 336 g/mol. The summed E-state index contributed by atoms with van der Waals surface area (Å²) in [4.78, 5) is 11.5. The lowest BCUT2D eigenvalue weighted by molar-refractivity contribution is -0.135. The molecule has 0 saturated carbocycles. The first-order valence-corrected chi connectivity index (χ1v) is 9.85. The van der Waals surface area contributed by atoms with Crippen LogP contribution in [0.25, 0.3) is 0 Å². The van der Waals surface area contributed by atoms with Gasteiger partial charge in [0.25, 0.3) is 0 Å². The summed E-state index contributed by atoms with van der Waals surface area (Å²) in [6.07, 6.45) is 6.72. The third kappa shape index (κ3) is 12.4. The number of rotatable bonds is 17. The predicted molar refractivity (Wildman–Crippen MR) is 102 cm³/mol. The van der Waals surface area contributed by atoms with Gasteiger partial charge in [-0.1, -0.05) is 40.0 Å². The van der Waals surface area contributed by atoms with Gasteiger partial charge < -0.3 is 24.1 Å². The van der Waals surface area contributed by atoms with Crippen LogP contribution in [0, 0.1) is 0 Å². The zero-order chi connectivity index (χ0) is 19.6. The average Bonchev–Trinajstić information content (AvgIpc) is 2.65. The number of hydrogen-bond donors (Lipinski definition) is 1. The SMILES string of the molecule is CCCCOC[C@H](O)[C@@H](OCCCC)[C@@H](/C=C\C(=O)OC)OCCCC. The van der Waals surface area contributed by atoms with E-state index in [4.69, 9.17) is 14.2 Å². The molecule has 6 nitrogen and oxygen atoms in total. The van der Waals surface area contributed by atoms with E-state index < -0.39 is 24.3 Å². The monoisotopic (exact) mass is 374 g/mol. The molecule has 0 aliphatic heterocycles. The molecule has 0 heterocycles. The van der Waals surface area contributed by atoms with E-state index in [0.717, 1.165) is 38.5 Å². The number of carbonyl (C=O) groups is 1. The molecule has 0 bridgehead atoms. The summed E-state index contributed by atoms with van der Waals surface area (Å²) in [7, 11) is 1.32. The zero-order valence-electron chi connectivity index (χ0n) is 16.9. The molecule has 1 N–H and O–H groups in total. The molecule has 0 amide bonds. The summed E-state index contributed by atoms with van der Waals surface area (Å²) in [5.41, 5.74) is 0. The number of unbranched alkanes of at least 4 members (excludes halogenated alkanes) is 3. The molecule has 26 heavy (non-hydrogen) atoms. The lowest BCUT2D eigenvalue weighted by Crippen LogP contribution is -2.43. The van der Waals surface area contributed by atoms with Crippen LogP contribution < -0.4 is 0 Å². The van der Waals surface area contributed by atoms with Crippen molar-refractivity contribution in [3.63, 3.8) is 0 Å². The van der Waals surface area contributed by atoms with Gasteiger partial charge in [0.2, 0.25) is 0 Å². The minimum atomic E-state index is -0.836. The minimum absolute atomic E-state index is 0.177. The van der Waals surface area contributed by atoms with Gasteiger partial charge in [0.1, 0.15) is 18.3 Å². The van der Waals surface area contributed by atoms with Crippen LogP contribution in [0.3, 0.4) is 0 Å². The zero-order valence-corrected chi connectivity index (χ0v) is 16.9. The molecule has 3 atom stereocenters. The van der Waals surface area contributed by atoms with Crippen molar-refractivity contribution >= 4 is 5.97 Å². The first-order valence-electron chi connectivity index (χ1n) is 9.85. The Morgan fingerprint density at radius 3 is 2.12 bits per heavy atom. The van der Waals surface area contributed by atoms with Crippen molar-refractivity contribution < 1.29 is 28.8 Å². The smallest absolute Gasteiger partial charge is 0.330 e. The van der Waals surface area contributed by atoms with Gasteiger partial charge in [-0.2, -0.15) is 0 Å². The Bertz CT molecular complexity index is 358. The Hall–Kier alpha value is -0.950. The Labute approximate surface area is 158 Å². The van der Waals surface area contributed by atoms with E-state index in [9.17, 15) is 9.90 Å². The fraction of sp³-hybridized carbons (Fsp3) is 0.850. The van der Waals surface area contributed by atoms with Crippen molar-refractivity contribution in [3.05, 3.63) is 12.2 Å². The minimum Gasteiger partial charge on any atom is -0.466 e. The second-order valence-electron chi connectivity index (χ2n) is 6.26. The van der Waals surface area contributed by atoms with Crippen LogP contribution >= 0.6 is 0 Å². The number of ether oxygens (including phenoxy) is 4. The molecule has 0 spiro atoms. The van der Waals surface area contributed by atoms with Crippen LogP contribution in [0.15, 0.2) is 12.2 Å². The Balaban J connectivity index is 4.99. The van der Waals surface area contributed by atoms with Crippen LogP contribution in [0.1, 0.15) is 59.3 Å². The van der Waals surface area contributed by atoms with Crippen molar-refractivity contribution in [3.8, 4) is 0 Å². The van der Waals surface area contributed by atoms with E-state index in [1.54, 1.807) is 6.08 Å². The predicted octanol–water partition coefficient (Wildman–Crippen LogP) is 3.26. The Morgan fingerprint density at radius 2 is 1.54 bits per heavy atom. The summed E-state index contributed by atoms with van der Waals surface area (Å²) < 4.78 is 22.0. The van der Waals surface area contributed by atoms with Gasteiger partial charge in [-0.15, -0.1) is 0 Å². The third-order valence-electron chi connectivity index (χ3n) is 3.87. The molecule has 6 heteroatoms. The van der Waals surface area contributed by atoms with Gasteiger partial charge in [0, 0.05) is 25.9 Å². The maximum atomic E-state index is 11.5. The third-order valence-corrected chi connectivity index (χ3v) is 3.87. The molecule has 0 rings (SSSR count). The first-order chi connectivity index (χ1) is 12.6.